The van der Waals surface area contributed by atoms with E-state index >= 15 is 0 Å². The van der Waals surface area contributed by atoms with Crippen LogP contribution in [0.3, 0.4) is 0 Å². The Hall–Kier alpha value is -0.260. The lowest BCUT2D eigenvalue weighted by Gasteiger charge is -2.49. The van der Waals surface area contributed by atoms with Gasteiger partial charge in [0.2, 0.25) is 0 Å². The molecule has 1 aliphatic rings. The second-order valence-corrected chi connectivity index (χ2v) is 10.3. The van der Waals surface area contributed by atoms with Gasteiger partial charge >= 0.3 is 0 Å². The molecule has 0 unspecified atom stereocenters. The first-order valence-electron chi connectivity index (χ1n) is 11.0. The van der Waals surface area contributed by atoms with Crippen LogP contribution >= 0.6 is 0 Å². The molecule has 0 aromatic rings. The highest BCUT2D eigenvalue weighted by Gasteiger charge is 2.41. The number of rotatable bonds is 6. The molecule has 0 saturated heterocycles. The van der Waals surface area contributed by atoms with Gasteiger partial charge in [-0.3, -0.25) is 0 Å². The summed E-state index contributed by atoms with van der Waals surface area (Å²) in [4.78, 5) is 0. The maximum atomic E-state index is 3.95. The Bertz CT molecular complexity index is 298. The monoisotopic (exact) mass is 352 g/mol. The second kappa shape index (κ2) is 13.0. The van der Waals surface area contributed by atoms with Crippen LogP contribution in [0.2, 0.25) is 0 Å². The molecular weight excluding hydrogens is 300 g/mol. The summed E-state index contributed by atoms with van der Waals surface area (Å²) >= 11 is 0. The highest BCUT2D eigenvalue weighted by atomic mass is 14.5. The van der Waals surface area contributed by atoms with Gasteiger partial charge in [-0.25, -0.2) is 0 Å². The third-order valence-corrected chi connectivity index (χ3v) is 6.01. The summed E-state index contributed by atoms with van der Waals surface area (Å²) in [7, 11) is 0. The van der Waals surface area contributed by atoms with E-state index in [-0.39, 0.29) is 0 Å². The van der Waals surface area contributed by atoms with Crippen LogP contribution in [0.4, 0.5) is 0 Å². The van der Waals surface area contributed by atoms with Gasteiger partial charge in [0, 0.05) is 0 Å². The van der Waals surface area contributed by atoms with Crippen molar-refractivity contribution in [3.05, 3.63) is 12.2 Å². The van der Waals surface area contributed by atoms with Crippen molar-refractivity contribution in [1.29, 1.82) is 0 Å². The normalized spacial score (nSPS) is 15.9. The molecule has 25 heavy (non-hydrogen) atoms. The van der Waals surface area contributed by atoms with Crippen LogP contribution in [-0.4, -0.2) is 0 Å². The van der Waals surface area contributed by atoms with Crippen LogP contribution in [0, 0.1) is 40.9 Å². The molecule has 0 bridgehead atoms. The molecule has 0 atom stereocenters. The predicted octanol–water partition coefficient (Wildman–Crippen LogP) is 9.01. The molecule has 0 aromatic heterocycles. The summed E-state index contributed by atoms with van der Waals surface area (Å²) in [6.45, 7) is 31.2. The maximum Gasteiger partial charge on any atom is -0.0251 e. The average molecular weight is 353 g/mol. The van der Waals surface area contributed by atoms with Crippen molar-refractivity contribution in [2.45, 2.75) is 109 Å². The smallest absolute Gasteiger partial charge is 0.0251 e. The van der Waals surface area contributed by atoms with Gasteiger partial charge < -0.3 is 0 Å². The lowest BCUT2D eigenvalue weighted by atomic mass is 9.56. The van der Waals surface area contributed by atoms with Crippen molar-refractivity contribution >= 4 is 0 Å². The molecule has 0 N–H and O–H groups in total. The molecule has 0 aliphatic heterocycles. The Balaban J connectivity index is 0. The largest absolute Gasteiger partial charge is 0.0993 e. The SMILES string of the molecule is C=C(C(C)C)C(C)C.CC(C)C1(C(C)C)CCC1.CC(C)CC(C)C. The van der Waals surface area contributed by atoms with Crippen LogP contribution in [0.1, 0.15) is 109 Å². The molecule has 0 heteroatoms. The number of hydrogen-bond acceptors (Lipinski definition) is 0. The molecule has 1 fully saturated rings. The molecule has 152 valence electrons. The lowest BCUT2D eigenvalue weighted by Crippen LogP contribution is -2.39. The van der Waals surface area contributed by atoms with Crippen molar-refractivity contribution in [3.8, 4) is 0 Å². The first-order valence-corrected chi connectivity index (χ1v) is 11.0. The zero-order valence-corrected chi connectivity index (χ0v) is 20.0. The van der Waals surface area contributed by atoms with Crippen LogP contribution in [0.5, 0.6) is 0 Å². The molecule has 0 nitrogen and oxygen atoms in total. The summed E-state index contributed by atoms with van der Waals surface area (Å²) in [5.41, 5.74) is 2.07. The quantitative estimate of drug-likeness (QED) is 0.418. The fourth-order valence-corrected chi connectivity index (χ4v) is 4.02. The minimum Gasteiger partial charge on any atom is -0.0993 e. The van der Waals surface area contributed by atoms with Gasteiger partial charge in [0.05, 0.1) is 0 Å². The van der Waals surface area contributed by atoms with Crippen LogP contribution in [0.15, 0.2) is 12.2 Å². The van der Waals surface area contributed by atoms with E-state index in [9.17, 15) is 0 Å². The molecule has 1 aliphatic carbocycles. The van der Waals surface area contributed by atoms with Crippen molar-refractivity contribution in [2.24, 2.45) is 40.9 Å². The molecule has 0 aromatic carbocycles. The third-order valence-electron chi connectivity index (χ3n) is 6.01. The van der Waals surface area contributed by atoms with E-state index in [1.54, 1.807) is 0 Å². The van der Waals surface area contributed by atoms with E-state index in [2.05, 4.69) is 89.7 Å². The Morgan fingerprint density at radius 1 is 0.680 bits per heavy atom. The molecule has 1 rings (SSSR count). The van der Waals surface area contributed by atoms with Gasteiger partial charge in [-0.15, -0.1) is 0 Å². The second-order valence-electron chi connectivity index (χ2n) is 10.3. The fourth-order valence-electron chi connectivity index (χ4n) is 4.02. The average Bonchev–Trinajstić information content (AvgIpc) is 2.34. The van der Waals surface area contributed by atoms with E-state index in [0.29, 0.717) is 11.8 Å². The van der Waals surface area contributed by atoms with E-state index in [0.717, 1.165) is 29.1 Å². The van der Waals surface area contributed by atoms with Crippen molar-refractivity contribution < 1.29 is 0 Å². The standard InChI is InChI=1S/C10H20.C8H16.C7H16/c1-8(2)10(9(3)4)6-5-7-10;1-6(2)8(5)7(3)4;1-6(2)5-7(3)4/h8-9H,5-7H2,1-4H3;6-7H,5H2,1-4H3;6-7H,5H2,1-4H3. The minimum atomic E-state index is 0.648. The zero-order valence-electron chi connectivity index (χ0n) is 20.0. The topological polar surface area (TPSA) is 0 Å². The van der Waals surface area contributed by atoms with E-state index < -0.39 is 0 Å². The maximum absolute atomic E-state index is 3.95. The molecular formula is C25H52. The Labute approximate surface area is 162 Å². The van der Waals surface area contributed by atoms with E-state index in [1.165, 1.54) is 31.3 Å². The van der Waals surface area contributed by atoms with Crippen molar-refractivity contribution in [2.75, 3.05) is 0 Å². The van der Waals surface area contributed by atoms with Crippen LogP contribution < -0.4 is 0 Å². The Kier molecular flexibility index (Phi) is 14.0. The van der Waals surface area contributed by atoms with Gasteiger partial charge in [-0.05, 0) is 60.2 Å². The van der Waals surface area contributed by atoms with Gasteiger partial charge in [0.25, 0.3) is 0 Å². The van der Waals surface area contributed by atoms with Crippen molar-refractivity contribution in [3.63, 3.8) is 0 Å². The van der Waals surface area contributed by atoms with Crippen molar-refractivity contribution in [1.82, 2.24) is 0 Å². The summed E-state index contributed by atoms with van der Waals surface area (Å²) < 4.78 is 0. The molecule has 0 heterocycles. The van der Waals surface area contributed by atoms with Gasteiger partial charge in [0.15, 0.2) is 0 Å². The first-order chi connectivity index (χ1) is 11.3. The number of allylic oxidation sites excluding steroid dienone is 1. The van der Waals surface area contributed by atoms with Gasteiger partial charge in [-0.1, -0.05) is 102 Å². The van der Waals surface area contributed by atoms with E-state index in [1.807, 2.05) is 0 Å². The summed E-state index contributed by atoms with van der Waals surface area (Å²) in [6, 6.07) is 0. The molecule has 0 amide bonds. The summed E-state index contributed by atoms with van der Waals surface area (Å²) in [6.07, 6.45) is 5.78. The first kappa shape index (κ1) is 27.0. The lowest BCUT2D eigenvalue weighted by molar-refractivity contribution is 0.0135. The third kappa shape index (κ3) is 11.1. The Morgan fingerprint density at radius 2 is 1.00 bits per heavy atom. The molecule has 1 saturated carbocycles. The summed E-state index contributed by atoms with van der Waals surface area (Å²) in [5.74, 6) is 4.83. The highest BCUT2D eigenvalue weighted by molar-refractivity contribution is 4.99. The predicted molar refractivity (Wildman–Crippen MR) is 119 cm³/mol. The van der Waals surface area contributed by atoms with Gasteiger partial charge in [-0.2, -0.15) is 0 Å². The molecule has 0 radical (unpaired) electrons. The Morgan fingerprint density at radius 3 is 1.00 bits per heavy atom. The fraction of sp³-hybridized carbons (Fsp3) is 0.920. The minimum absolute atomic E-state index is 0.648. The van der Waals surface area contributed by atoms with Crippen LogP contribution in [0.25, 0.3) is 0 Å². The highest BCUT2D eigenvalue weighted by Crippen LogP contribution is 2.52. The zero-order chi connectivity index (χ0) is 20.4. The summed E-state index contributed by atoms with van der Waals surface area (Å²) in [5, 5.41) is 0. The van der Waals surface area contributed by atoms with Gasteiger partial charge in [0.1, 0.15) is 0 Å². The van der Waals surface area contributed by atoms with Crippen LogP contribution in [-0.2, 0) is 0 Å². The van der Waals surface area contributed by atoms with E-state index in [4.69, 9.17) is 0 Å². The number of hydrogen-bond donors (Lipinski definition) is 0. The molecule has 0 spiro atoms.